The molecule has 0 saturated carbocycles. The van der Waals surface area contributed by atoms with E-state index in [9.17, 15) is 13.5 Å². The Morgan fingerprint density at radius 3 is 2.88 bits per heavy atom. The van der Waals surface area contributed by atoms with Gasteiger partial charge < -0.3 is 5.11 Å². The quantitative estimate of drug-likeness (QED) is 0.788. The van der Waals surface area contributed by atoms with E-state index < -0.39 is 16.1 Å². The van der Waals surface area contributed by atoms with E-state index in [1.54, 1.807) is 0 Å². The number of β-amino-alcohol motifs (C(OH)–C–C–N with tert-alkyl or cyclic N) is 1. The molecular weight excluding hydrogens is 252 g/mol. The lowest BCUT2D eigenvalue weighted by Crippen LogP contribution is -2.29. The molecule has 1 aliphatic heterocycles. The molecular formula is C9H11ClN2O3S. The molecule has 1 atom stereocenters. The number of pyridine rings is 1. The summed E-state index contributed by atoms with van der Waals surface area (Å²) in [6.45, 7) is 0.478. The average Bonchev–Trinajstić information content (AvgIpc) is 2.65. The van der Waals surface area contributed by atoms with Crippen molar-refractivity contribution < 1.29 is 13.5 Å². The molecule has 0 amide bonds. The highest BCUT2D eigenvalue weighted by Gasteiger charge is 2.31. The molecule has 1 aromatic heterocycles. The van der Waals surface area contributed by atoms with Crippen LogP contribution in [0.4, 0.5) is 0 Å². The van der Waals surface area contributed by atoms with Crippen molar-refractivity contribution in [1.29, 1.82) is 0 Å². The minimum absolute atomic E-state index is 0.113. The summed E-state index contributed by atoms with van der Waals surface area (Å²) >= 11 is 5.64. The maximum atomic E-state index is 12.1. The van der Waals surface area contributed by atoms with E-state index in [-0.39, 0.29) is 16.6 Å². The van der Waals surface area contributed by atoms with E-state index in [4.69, 9.17) is 11.6 Å². The van der Waals surface area contributed by atoms with Crippen LogP contribution >= 0.6 is 11.6 Å². The molecule has 1 saturated heterocycles. The molecule has 0 aliphatic carbocycles. The van der Waals surface area contributed by atoms with Gasteiger partial charge in [-0.05, 0) is 18.6 Å². The molecule has 2 rings (SSSR count). The van der Waals surface area contributed by atoms with Crippen molar-refractivity contribution >= 4 is 21.6 Å². The van der Waals surface area contributed by atoms with E-state index in [1.165, 1.54) is 22.6 Å². The molecule has 0 radical (unpaired) electrons. The number of nitrogens with zero attached hydrogens (tertiary/aromatic N) is 2. The van der Waals surface area contributed by atoms with Crippen LogP contribution in [0.2, 0.25) is 5.15 Å². The standard InChI is InChI=1S/C9H11ClN2O3S/c10-9-5-8(1-3-11-9)16(14,15)12-4-2-7(13)6-12/h1,3,5,7,13H,2,4,6H2. The van der Waals surface area contributed by atoms with E-state index in [0.717, 1.165) is 0 Å². The van der Waals surface area contributed by atoms with Crippen molar-refractivity contribution in [1.82, 2.24) is 9.29 Å². The second-order valence-corrected chi connectivity index (χ2v) is 5.95. The number of aromatic nitrogens is 1. The molecule has 0 bridgehead atoms. The summed E-state index contributed by atoms with van der Waals surface area (Å²) in [5.74, 6) is 0. The Labute approximate surface area is 98.7 Å². The van der Waals surface area contributed by atoms with Crippen LogP contribution in [0.25, 0.3) is 0 Å². The number of rotatable bonds is 2. The minimum Gasteiger partial charge on any atom is -0.392 e. The van der Waals surface area contributed by atoms with Crippen LogP contribution in [0.15, 0.2) is 23.2 Å². The third kappa shape index (κ3) is 2.20. The maximum Gasteiger partial charge on any atom is 0.243 e. The van der Waals surface area contributed by atoms with Crippen LogP contribution < -0.4 is 0 Å². The van der Waals surface area contributed by atoms with E-state index in [1.807, 2.05) is 0 Å². The summed E-state index contributed by atoms with van der Waals surface area (Å²) in [5.41, 5.74) is 0. The summed E-state index contributed by atoms with van der Waals surface area (Å²) in [6.07, 6.45) is 1.24. The normalized spacial score (nSPS) is 22.5. The van der Waals surface area contributed by atoms with Crippen LogP contribution in [0.3, 0.4) is 0 Å². The van der Waals surface area contributed by atoms with Crippen LogP contribution in [0.1, 0.15) is 6.42 Å². The highest BCUT2D eigenvalue weighted by Crippen LogP contribution is 2.22. The summed E-state index contributed by atoms with van der Waals surface area (Å²) in [6, 6.07) is 2.70. The molecule has 0 aromatic carbocycles. The van der Waals surface area contributed by atoms with Gasteiger partial charge in [-0.2, -0.15) is 4.31 Å². The molecule has 1 N–H and O–H groups in total. The second-order valence-electron chi connectivity index (χ2n) is 3.62. The molecule has 88 valence electrons. The monoisotopic (exact) mass is 262 g/mol. The lowest BCUT2D eigenvalue weighted by Gasteiger charge is -2.15. The van der Waals surface area contributed by atoms with Crippen LogP contribution in [-0.4, -0.2) is 42.0 Å². The van der Waals surface area contributed by atoms with Crippen molar-refractivity contribution in [2.75, 3.05) is 13.1 Å². The first kappa shape index (κ1) is 11.8. The molecule has 1 fully saturated rings. The lowest BCUT2D eigenvalue weighted by atomic mass is 10.3. The fraction of sp³-hybridized carbons (Fsp3) is 0.444. The number of halogens is 1. The van der Waals surface area contributed by atoms with Gasteiger partial charge in [-0.15, -0.1) is 0 Å². The molecule has 2 heterocycles. The summed E-state index contributed by atoms with van der Waals surface area (Å²) in [4.78, 5) is 3.84. The van der Waals surface area contributed by atoms with E-state index in [0.29, 0.717) is 13.0 Å². The SMILES string of the molecule is O=S(=O)(c1ccnc(Cl)c1)N1CCC(O)C1. The van der Waals surface area contributed by atoms with Crippen molar-refractivity contribution in [3.63, 3.8) is 0 Å². The van der Waals surface area contributed by atoms with E-state index >= 15 is 0 Å². The minimum atomic E-state index is -3.55. The van der Waals surface area contributed by atoms with Gasteiger partial charge in [-0.25, -0.2) is 13.4 Å². The Kier molecular flexibility index (Phi) is 3.16. The van der Waals surface area contributed by atoms with Gasteiger partial charge in [0, 0.05) is 19.3 Å². The number of sulfonamides is 1. The molecule has 16 heavy (non-hydrogen) atoms. The molecule has 1 aromatic rings. The highest BCUT2D eigenvalue weighted by molar-refractivity contribution is 7.89. The van der Waals surface area contributed by atoms with Crippen molar-refractivity contribution in [3.05, 3.63) is 23.5 Å². The first-order valence-electron chi connectivity index (χ1n) is 4.80. The highest BCUT2D eigenvalue weighted by atomic mass is 35.5. The van der Waals surface area contributed by atoms with Gasteiger partial charge in [0.2, 0.25) is 10.0 Å². The lowest BCUT2D eigenvalue weighted by molar-refractivity contribution is 0.189. The van der Waals surface area contributed by atoms with Gasteiger partial charge in [-0.3, -0.25) is 0 Å². The predicted molar refractivity (Wildman–Crippen MR) is 58.6 cm³/mol. The van der Waals surface area contributed by atoms with Gasteiger partial charge in [0.25, 0.3) is 0 Å². The van der Waals surface area contributed by atoms with Crippen molar-refractivity contribution in [2.45, 2.75) is 17.4 Å². The second kappa shape index (κ2) is 4.29. The molecule has 7 heteroatoms. The van der Waals surface area contributed by atoms with Gasteiger partial charge in [-0.1, -0.05) is 11.6 Å². The van der Waals surface area contributed by atoms with Crippen LogP contribution in [-0.2, 0) is 10.0 Å². The Bertz CT molecular complexity index is 491. The van der Waals surface area contributed by atoms with Gasteiger partial charge in [0.1, 0.15) is 5.15 Å². The predicted octanol–water partition coefficient (Wildman–Crippen LogP) is 0.490. The van der Waals surface area contributed by atoms with Gasteiger partial charge >= 0.3 is 0 Å². The molecule has 0 spiro atoms. The van der Waals surface area contributed by atoms with E-state index in [2.05, 4.69) is 4.98 Å². The third-order valence-electron chi connectivity index (χ3n) is 2.46. The Morgan fingerprint density at radius 1 is 1.56 bits per heavy atom. The zero-order valence-corrected chi connectivity index (χ0v) is 9.95. The fourth-order valence-electron chi connectivity index (χ4n) is 1.62. The fourth-order valence-corrected chi connectivity index (χ4v) is 3.37. The van der Waals surface area contributed by atoms with Crippen molar-refractivity contribution in [2.24, 2.45) is 0 Å². The number of hydrogen-bond acceptors (Lipinski definition) is 4. The molecule has 1 unspecified atom stereocenters. The smallest absolute Gasteiger partial charge is 0.243 e. The zero-order chi connectivity index (χ0) is 11.8. The number of hydrogen-bond donors (Lipinski definition) is 1. The summed E-state index contributed by atoms with van der Waals surface area (Å²) in [5, 5.41) is 9.46. The third-order valence-corrected chi connectivity index (χ3v) is 4.53. The number of aliphatic hydroxyl groups excluding tert-OH is 1. The largest absolute Gasteiger partial charge is 0.392 e. The first-order chi connectivity index (χ1) is 7.50. The topological polar surface area (TPSA) is 70.5 Å². The van der Waals surface area contributed by atoms with Crippen LogP contribution in [0, 0.1) is 0 Å². The maximum absolute atomic E-state index is 12.1. The molecule has 1 aliphatic rings. The Hall–Kier alpha value is -0.690. The summed E-state index contributed by atoms with van der Waals surface area (Å²) in [7, 11) is -3.55. The number of aliphatic hydroxyl groups is 1. The Morgan fingerprint density at radius 2 is 2.31 bits per heavy atom. The van der Waals surface area contributed by atoms with Gasteiger partial charge in [0.15, 0.2) is 0 Å². The van der Waals surface area contributed by atoms with Crippen molar-refractivity contribution in [3.8, 4) is 0 Å². The average molecular weight is 263 g/mol. The molecule has 5 nitrogen and oxygen atoms in total. The first-order valence-corrected chi connectivity index (χ1v) is 6.62. The Balaban J connectivity index is 2.32. The summed E-state index contributed by atoms with van der Waals surface area (Å²) < 4.78 is 25.4. The van der Waals surface area contributed by atoms with Gasteiger partial charge in [0.05, 0.1) is 11.0 Å². The zero-order valence-electron chi connectivity index (χ0n) is 8.38. The van der Waals surface area contributed by atoms with Crippen LogP contribution in [0.5, 0.6) is 0 Å².